The van der Waals surface area contributed by atoms with E-state index in [9.17, 15) is 48.5 Å². The Hall–Kier alpha value is -5.84. The first-order valence-corrected chi connectivity index (χ1v) is 18.1. The number of anilines is 7. The summed E-state index contributed by atoms with van der Waals surface area (Å²) in [7, 11) is -14.6. The summed E-state index contributed by atoms with van der Waals surface area (Å²) in [5, 5.41) is 8.00. The minimum absolute atomic E-state index is 0.0115. The number of nitrogens with zero attached hydrogens (tertiary/aromatic N) is 3. The molecule has 5 aromatic rings. The summed E-state index contributed by atoms with van der Waals surface area (Å²) >= 11 is 0. The lowest BCUT2D eigenvalue weighted by Gasteiger charge is -2.24. The Labute approximate surface area is 282 Å². The summed E-state index contributed by atoms with van der Waals surface area (Å²) < 4.78 is 102. The molecule has 18 nitrogen and oxygen atoms in total. The Morgan fingerprint density at radius 2 is 1.18 bits per heavy atom. The van der Waals surface area contributed by atoms with Gasteiger partial charge in [-0.05, 0) is 42.5 Å². The Morgan fingerprint density at radius 3 is 1.80 bits per heavy atom. The highest BCUT2D eigenvalue weighted by molar-refractivity contribution is 7.86. The van der Waals surface area contributed by atoms with E-state index < -0.39 is 67.9 Å². The van der Waals surface area contributed by atoms with Gasteiger partial charge >= 0.3 is 0 Å². The van der Waals surface area contributed by atoms with Gasteiger partial charge in [-0.25, -0.2) is 9.97 Å². The lowest BCUT2D eigenvalue weighted by atomic mass is 9.82. The van der Waals surface area contributed by atoms with E-state index in [4.69, 9.17) is 5.73 Å². The molecule has 0 fully saturated rings. The summed E-state index contributed by atoms with van der Waals surface area (Å²) in [4.78, 5) is 36.9. The van der Waals surface area contributed by atoms with Crippen molar-refractivity contribution in [3.63, 3.8) is 0 Å². The molecular weight excluding hydrogens is 719 g/mol. The molecule has 0 aliphatic heterocycles. The number of nitrogens with one attached hydrogen (secondary N) is 3. The standard InChI is InChI=1S/C29H21N7O11S3/c30-25-22(50(45,46)47)12-20(23-24(25)27(38)18-7-2-1-6-17(18)26(23)37)33-15-8-9-19(21(11-15)49(42,43)44)35-29-32-13-31-28(36-29)34-14-4-3-5-16(10-14)48(39,40)41/h1-13,33H,30H2,(H,39,40,41)(H,42,43,44)(H,45,46,47)(H2,31,32,34,35,36). The fraction of sp³-hybridized carbons (Fsp3) is 0. The van der Waals surface area contributed by atoms with E-state index in [1.54, 1.807) is 0 Å². The molecule has 0 radical (unpaired) electrons. The van der Waals surface area contributed by atoms with Crippen molar-refractivity contribution < 1.29 is 48.5 Å². The lowest BCUT2D eigenvalue weighted by molar-refractivity contribution is 0.0980. The highest BCUT2D eigenvalue weighted by Crippen LogP contribution is 2.40. The number of nitrogens with two attached hydrogens (primary N) is 1. The Morgan fingerprint density at radius 1 is 0.580 bits per heavy atom. The number of hydrogen-bond donors (Lipinski definition) is 7. The normalized spacial score (nSPS) is 12.9. The molecule has 0 bridgehead atoms. The van der Waals surface area contributed by atoms with Gasteiger partial charge in [-0.15, -0.1) is 0 Å². The summed E-state index contributed by atoms with van der Waals surface area (Å²) in [6.07, 6.45) is 1.03. The molecule has 50 heavy (non-hydrogen) atoms. The molecule has 4 aromatic carbocycles. The maximum atomic E-state index is 13.6. The largest absolute Gasteiger partial charge is 0.397 e. The summed E-state index contributed by atoms with van der Waals surface area (Å²) in [6, 6.07) is 14.9. The van der Waals surface area contributed by atoms with Crippen LogP contribution in [0.1, 0.15) is 31.8 Å². The van der Waals surface area contributed by atoms with Crippen LogP contribution in [0, 0.1) is 0 Å². The van der Waals surface area contributed by atoms with Crippen LogP contribution in [0.2, 0.25) is 0 Å². The SMILES string of the molecule is Nc1c(S(=O)(=O)O)cc(Nc2ccc(Nc3ncnc(Nc4cccc(S(=O)(=O)O)c4)n3)c(S(=O)(=O)O)c2)c2c1C(=O)c1ccccc1C2=O. The average Bonchev–Trinajstić information content (AvgIpc) is 3.04. The first-order chi connectivity index (χ1) is 23.4. The quantitative estimate of drug-likeness (QED) is 0.0827. The van der Waals surface area contributed by atoms with Crippen molar-refractivity contribution in [3.8, 4) is 0 Å². The molecule has 0 spiro atoms. The fourth-order valence-electron chi connectivity index (χ4n) is 5.08. The molecule has 0 saturated heterocycles. The molecule has 1 aliphatic rings. The predicted octanol–water partition coefficient (Wildman–Crippen LogP) is 3.20. The zero-order valence-electron chi connectivity index (χ0n) is 24.8. The zero-order chi connectivity index (χ0) is 36.2. The van der Waals surface area contributed by atoms with Gasteiger partial charge in [0.05, 0.1) is 33.1 Å². The van der Waals surface area contributed by atoms with Crippen LogP contribution < -0.4 is 21.7 Å². The van der Waals surface area contributed by atoms with Gasteiger partial charge in [0, 0.05) is 22.5 Å². The monoisotopic (exact) mass is 739 g/mol. The molecule has 6 rings (SSSR count). The lowest BCUT2D eigenvalue weighted by Crippen LogP contribution is -2.25. The van der Waals surface area contributed by atoms with Gasteiger partial charge in [0.1, 0.15) is 16.1 Å². The van der Waals surface area contributed by atoms with Gasteiger partial charge in [-0.3, -0.25) is 23.2 Å². The highest BCUT2D eigenvalue weighted by Gasteiger charge is 2.36. The van der Waals surface area contributed by atoms with Crippen LogP contribution in [0.5, 0.6) is 0 Å². The van der Waals surface area contributed by atoms with Gasteiger partial charge < -0.3 is 21.7 Å². The topological polar surface area (TPSA) is 298 Å². The molecule has 0 amide bonds. The maximum absolute atomic E-state index is 13.6. The fourth-order valence-corrected chi connectivity index (χ4v) is 6.92. The van der Waals surface area contributed by atoms with Crippen LogP contribution >= 0.6 is 0 Å². The van der Waals surface area contributed by atoms with Gasteiger partial charge in [0.15, 0.2) is 11.6 Å². The summed E-state index contributed by atoms with van der Waals surface area (Å²) in [6.45, 7) is 0. The Bertz CT molecular complexity index is 2620. The Balaban J connectivity index is 1.37. The minimum Gasteiger partial charge on any atom is -0.397 e. The van der Waals surface area contributed by atoms with Crippen molar-refractivity contribution in [2.45, 2.75) is 14.7 Å². The maximum Gasteiger partial charge on any atom is 0.296 e. The summed E-state index contributed by atoms with van der Waals surface area (Å²) in [5.74, 6) is -1.89. The molecule has 0 unspecified atom stereocenters. The number of fused-ring (bicyclic) bond motifs is 2. The summed E-state index contributed by atoms with van der Waals surface area (Å²) in [5.41, 5.74) is 3.86. The van der Waals surface area contributed by atoms with Crippen molar-refractivity contribution in [2.75, 3.05) is 21.7 Å². The third-order valence-corrected chi connectivity index (χ3v) is 9.86. The van der Waals surface area contributed by atoms with E-state index in [0.717, 1.165) is 36.7 Å². The highest BCUT2D eigenvalue weighted by atomic mass is 32.2. The van der Waals surface area contributed by atoms with Gasteiger partial charge in [-0.2, -0.15) is 30.2 Å². The van der Waals surface area contributed by atoms with Crippen molar-refractivity contribution >= 4 is 82.3 Å². The second-order valence-electron chi connectivity index (χ2n) is 10.5. The third-order valence-electron chi connectivity index (χ3n) is 7.22. The molecule has 21 heteroatoms. The Kier molecular flexibility index (Phi) is 8.33. The van der Waals surface area contributed by atoms with E-state index in [-0.39, 0.29) is 51.3 Å². The molecule has 1 heterocycles. The minimum atomic E-state index is -5.04. The molecule has 1 aliphatic carbocycles. The van der Waals surface area contributed by atoms with Crippen LogP contribution in [0.15, 0.2) is 93.8 Å². The van der Waals surface area contributed by atoms with Crippen molar-refractivity contribution in [2.24, 2.45) is 0 Å². The second-order valence-corrected chi connectivity index (χ2v) is 14.7. The molecule has 0 saturated carbocycles. The number of hydrogen-bond acceptors (Lipinski definition) is 15. The third kappa shape index (κ3) is 6.58. The van der Waals surface area contributed by atoms with Crippen LogP contribution in [-0.4, -0.2) is 65.4 Å². The number of ketones is 2. The van der Waals surface area contributed by atoms with Crippen LogP contribution in [-0.2, 0) is 30.4 Å². The molecule has 0 atom stereocenters. The van der Waals surface area contributed by atoms with Gasteiger partial charge in [0.2, 0.25) is 11.9 Å². The predicted molar refractivity (Wildman–Crippen MR) is 176 cm³/mol. The molecular formula is C29H21N7O11S3. The van der Waals surface area contributed by atoms with Crippen LogP contribution in [0.4, 0.5) is 40.3 Å². The average molecular weight is 740 g/mol. The van der Waals surface area contributed by atoms with Crippen molar-refractivity contribution in [1.29, 1.82) is 0 Å². The second kappa shape index (κ2) is 12.2. The van der Waals surface area contributed by atoms with Crippen LogP contribution in [0.3, 0.4) is 0 Å². The number of benzene rings is 4. The first kappa shape index (κ1) is 34.0. The van der Waals surface area contributed by atoms with Crippen molar-refractivity contribution in [3.05, 3.63) is 101 Å². The molecule has 256 valence electrons. The van der Waals surface area contributed by atoms with Crippen molar-refractivity contribution in [1.82, 2.24) is 15.0 Å². The zero-order valence-corrected chi connectivity index (χ0v) is 27.2. The van der Waals surface area contributed by atoms with Gasteiger partial charge in [-0.1, -0.05) is 30.3 Å². The number of rotatable bonds is 9. The van der Waals surface area contributed by atoms with E-state index in [2.05, 4.69) is 30.9 Å². The van der Waals surface area contributed by atoms with E-state index in [1.165, 1.54) is 42.5 Å². The number of carbonyl (C=O) groups excluding carboxylic acids is 2. The van der Waals surface area contributed by atoms with Crippen LogP contribution in [0.25, 0.3) is 0 Å². The molecule has 8 N–H and O–H groups in total. The van der Waals surface area contributed by atoms with E-state index in [0.29, 0.717) is 0 Å². The van der Waals surface area contributed by atoms with Gasteiger partial charge in [0.25, 0.3) is 30.4 Å². The number of carbonyl (C=O) groups is 2. The molecule has 1 aromatic heterocycles. The smallest absolute Gasteiger partial charge is 0.296 e. The number of nitrogen functional groups attached to an aromatic ring is 1. The first-order valence-electron chi connectivity index (χ1n) is 13.7. The van der Waals surface area contributed by atoms with E-state index in [1.807, 2.05) is 0 Å². The van der Waals surface area contributed by atoms with E-state index >= 15 is 0 Å². The number of aromatic nitrogens is 3.